The number of hydrogen-bond donors (Lipinski definition) is 0. The summed E-state index contributed by atoms with van der Waals surface area (Å²) in [6, 6.07) is 49.3. The van der Waals surface area contributed by atoms with Gasteiger partial charge in [-0.25, -0.2) is 0 Å². The second kappa shape index (κ2) is 18.9. The van der Waals surface area contributed by atoms with Crippen molar-refractivity contribution in [1.82, 2.24) is 0 Å². The first-order valence-corrected chi connectivity index (χ1v) is 19.9. The first-order chi connectivity index (χ1) is 29.1. The lowest BCUT2D eigenvalue weighted by atomic mass is 10.0. The minimum atomic E-state index is 0.832. The summed E-state index contributed by atoms with van der Waals surface area (Å²) in [5.41, 5.74) is 18.3. The molecular weight excluding hydrogens is 721 g/mol. The van der Waals surface area contributed by atoms with Crippen LogP contribution in [0.1, 0.15) is 100 Å². The molecule has 7 aromatic rings. The molecule has 0 N–H and O–H groups in total. The molecule has 0 fully saturated rings. The molecule has 0 nitrogen and oxygen atoms in total. The molecule has 0 spiro atoms. The summed E-state index contributed by atoms with van der Waals surface area (Å²) < 4.78 is 0. The molecule has 0 radical (unpaired) electrons. The minimum Gasteiger partial charge on any atom is -0.0617 e. The van der Waals surface area contributed by atoms with Crippen LogP contribution in [0.25, 0.3) is 0 Å². The number of benzene rings is 7. The lowest BCUT2D eigenvalue weighted by Gasteiger charge is -1.99. The Hall–Kier alpha value is -8.10. The van der Waals surface area contributed by atoms with Crippen molar-refractivity contribution < 1.29 is 0 Å². The SMILES string of the molecule is Cc1cc(C)cc(C#Cc2ccc(C#Cc3cc(C#Cc4ccc(C#Cc5cc(C)cc(C)c5)cc4)cc(C#Cc4ccc(C#Cc5cc(C)cc(C)c5)cc4)c3)cc2)c1. The highest BCUT2D eigenvalue weighted by molar-refractivity contribution is 5.57. The Morgan fingerprint density at radius 1 is 0.167 bits per heavy atom. The van der Waals surface area contributed by atoms with Crippen LogP contribution < -0.4 is 0 Å². The first-order valence-electron chi connectivity index (χ1n) is 19.9. The van der Waals surface area contributed by atoms with Gasteiger partial charge in [0.1, 0.15) is 0 Å². The van der Waals surface area contributed by atoms with Crippen LogP contribution in [0.2, 0.25) is 0 Å². The first kappa shape index (κ1) is 40.1. The van der Waals surface area contributed by atoms with Crippen molar-refractivity contribution in [3.8, 4) is 71.0 Å². The van der Waals surface area contributed by atoms with Crippen LogP contribution in [0.15, 0.2) is 146 Å². The Morgan fingerprint density at radius 2 is 0.300 bits per heavy atom. The fraction of sp³-hybridized carbons (Fsp3) is 0.100. The molecule has 0 aliphatic carbocycles. The maximum absolute atomic E-state index is 3.36. The molecule has 60 heavy (non-hydrogen) atoms. The van der Waals surface area contributed by atoms with Crippen molar-refractivity contribution in [2.75, 3.05) is 0 Å². The molecule has 0 bridgehead atoms. The summed E-state index contributed by atoms with van der Waals surface area (Å²) in [7, 11) is 0. The average Bonchev–Trinajstić information content (AvgIpc) is 3.22. The van der Waals surface area contributed by atoms with Crippen molar-refractivity contribution in [3.05, 3.63) is 246 Å². The van der Waals surface area contributed by atoms with Gasteiger partial charge in [-0.3, -0.25) is 0 Å². The van der Waals surface area contributed by atoms with E-state index in [0.717, 1.165) is 66.8 Å². The maximum atomic E-state index is 3.36. The highest BCUT2D eigenvalue weighted by Crippen LogP contribution is 2.14. The fourth-order valence-electron chi connectivity index (χ4n) is 6.76. The number of aryl methyl sites for hydroxylation is 6. The van der Waals surface area contributed by atoms with Crippen LogP contribution in [0.5, 0.6) is 0 Å². The van der Waals surface area contributed by atoms with Gasteiger partial charge < -0.3 is 0 Å². The van der Waals surface area contributed by atoms with Gasteiger partial charge in [0.05, 0.1) is 0 Å². The van der Waals surface area contributed by atoms with E-state index < -0.39 is 0 Å². The van der Waals surface area contributed by atoms with Crippen molar-refractivity contribution in [1.29, 1.82) is 0 Å². The highest BCUT2D eigenvalue weighted by Gasteiger charge is 2.00. The second-order valence-electron chi connectivity index (χ2n) is 15.2. The van der Waals surface area contributed by atoms with Crippen LogP contribution in [-0.2, 0) is 0 Å². The van der Waals surface area contributed by atoms with Crippen molar-refractivity contribution in [2.24, 2.45) is 0 Å². The van der Waals surface area contributed by atoms with Gasteiger partial charge in [0.15, 0.2) is 0 Å². The van der Waals surface area contributed by atoms with Crippen LogP contribution in [0.4, 0.5) is 0 Å². The van der Waals surface area contributed by atoms with Crippen LogP contribution in [-0.4, -0.2) is 0 Å². The molecule has 282 valence electrons. The summed E-state index contributed by atoms with van der Waals surface area (Å²) in [6.07, 6.45) is 0. The molecule has 0 aliphatic heterocycles. The van der Waals surface area contributed by atoms with Gasteiger partial charge in [0.2, 0.25) is 0 Å². The molecule has 0 saturated heterocycles. The Labute approximate surface area is 356 Å². The summed E-state index contributed by atoms with van der Waals surface area (Å²) in [5.74, 6) is 39.8. The Balaban J connectivity index is 1.13. The van der Waals surface area contributed by atoms with Crippen molar-refractivity contribution in [3.63, 3.8) is 0 Å². The van der Waals surface area contributed by atoms with Gasteiger partial charge in [0.25, 0.3) is 0 Å². The standard InChI is InChI=1S/C60H42/c1-43-31-44(2)35-55(34-43)25-19-49-7-13-52(14-8-49)22-28-58-40-59(29-23-53-15-9-50(10-16-53)20-26-56-36-45(3)32-46(4)37-56)42-60(41-58)30-24-54-17-11-51(12-18-54)21-27-57-38-47(5)33-48(6)39-57/h7-18,31-42H,1-6H3. The third kappa shape index (κ3) is 12.0. The van der Waals surface area contributed by atoms with Gasteiger partial charge >= 0.3 is 0 Å². The van der Waals surface area contributed by atoms with Gasteiger partial charge in [-0.2, -0.15) is 0 Å². The predicted octanol–water partition coefficient (Wildman–Crippen LogP) is 11.9. The molecule has 7 rings (SSSR count). The van der Waals surface area contributed by atoms with Crippen molar-refractivity contribution in [2.45, 2.75) is 41.5 Å². The van der Waals surface area contributed by atoms with E-state index in [1.165, 1.54) is 33.4 Å². The van der Waals surface area contributed by atoms with E-state index in [9.17, 15) is 0 Å². The average molecular weight is 763 g/mol. The summed E-state index contributed by atoms with van der Waals surface area (Å²) in [4.78, 5) is 0. The zero-order valence-electron chi connectivity index (χ0n) is 34.9. The zero-order chi connectivity index (χ0) is 41.8. The summed E-state index contributed by atoms with van der Waals surface area (Å²) >= 11 is 0. The molecule has 0 heterocycles. The van der Waals surface area contributed by atoms with Gasteiger partial charge in [-0.05, 0) is 202 Å². The van der Waals surface area contributed by atoms with E-state index >= 15 is 0 Å². The van der Waals surface area contributed by atoms with Gasteiger partial charge in [-0.1, -0.05) is 89.2 Å². The van der Waals surface area contributed by atoms with E-state index in [1.54, 1.807) is 0 Å². The maximum Gasteiger partial charge on any atom is 0.0273 e. The van der Waals surface area contributed by atoms with Crippen LogP contribution in [0.3, 0.4) is 0 Å². The topological polar surface area (TPSA) is 0 Å². The monoisotopic (exact) mass is 762 g/mol. The number of rotatable bonds is 0. The summed E-state index contributed by atoms with van der Waals surface area (Å²) in [6.45, 7) is 12.6. The zero-order valence-corrected chi connectivity index (χ0v) is 34.9. The molecule has 0 saturated carbocycles. The summed E-state index contributed by atoms with van der Waals surface area (Å²) in [5, 5.41) is 0. The van der Waals surface area contributed by atoms with E-state index in [2.05, 4.69) is 167 Å². The molecular formula is C60H42. The van der Waals surface area contributed by atoms with Crippen LogP contribution >= 0.6 is 0 Å². The Kier molecular flexibility index (Phi) is 12.6. The normalized spacial score (nSPS) is 9.70. The predicted molar refractivity (Wildman–Crippen MR) is 249 cm³/mol. The van der Waals surface area contributed by atoms with E-state index in [1.807, 2.05) is 91.0 Å². The molecule has 0 unspecified atom stereocenters. The molecule has 7 aromatic carbocycles. The third-order valence-electron chi connectivity index (χ3n) is 9.36. The van der Waals surface area contributed by atoms with Gasteiger partial charge in [0, 0.05) is 66.8 Å². The lowest BCUT2D eigenvalue weighted by Crippen LogP contribution is -1.86. The lowest BCUT2D eigenvalue weighted by molar-refractivity contribution is 1.37. The Morgan fingerprint density at radius 3 is 0.467 bits per heavy atom. The van der Waals surface area contributed by atoms with Gasteiger partial charge in [-0.15, -0.1) is 0 Å². The third-order valence-corrected chi connectivity index (χ3v) is 9.36. The van der Waals surface area contributed by atoms with E-state index in [-0.39, 0.29) is 0 Å². The van der Waals surface area contributed by atoms with Crippen molar-refractivity contribution >= 4 is 0 Å². The Bertz CT molecular complexity index is 2720. The highest BCUT2D eigenvalue weighted by atomic mass is 14.0. The quantitative estimate of drug-likeness (QED) is 0.135. The minimum absolute atomic E-state index is 0.832. The smallest absolute Gasteiger partial charge is 0.0273 e. The molecule has 0 heteroatoms. The number of hydrogen-bond acceptors (Lipinski definition) is 0. The largest absolute Gasteiger partial charge is 0.0617 e. The second-order valence-corrected chi connectivity index (χ2v) is 15.2. The molecule has 0 aliphatic rings. The van der Waals surface area contributed by atoms with Crippen LogP contribution in [0, 0.1) is 113 Å². The fourth-order valence-corrected chi connectivity index (χ4v) is 6.76. The van der Waals surface area contributed by atoms with E-state index in [0.29, 0.717) is 0 Å². The molecule has 0 aromatic heterocycles. The molecule has 0 amide bonds. The molecule has 0 atom stereocenters. The van der Waals surface area contributed by atoms with E-state index in [4.69, 9.17) is 0 Å².